The van der Waals surface area contributed by atoms with Gasteiger partial charge in [0.1, 0.15) is 5.75 Å². The Bertz CT molecular complexity index is 617. The summed E-state index contributed by atoms with van der Waals surface area (Å²) in [6.07, 6.45) is 1.97. The summed E-state index contributed by atoms with van der Waals surface area (Å²) in [6, 6.07) is 7.33. The lowest BCUT2D eigenvalue weighted by Gasteiger charge is -2.36. The van der Waals surface area contributed by atoms with Crippen LogP contribution in [0.15, 0.2) is 24.3 Å². The molecule has 2 N–H and O–H groups in total. The topological polar surface area (TPSA) is 73.9 Å². The smallest absolute Gasteiger partial charge is 0.321 e. The molecule has 2 fully saturated rings. The Hall–Kier alpha value is -2.44. The molecule has 1 aromatic carbocycles. The van der Waals surface area contributed by atoms with E-state index in [2.05, 4.69) is 10.6 Å². The van der Waals surface area contributed by atoms with E-state index in [0.717, 1.165) is 30.8 Å². The number of benzene rings is 1. The second-order valence-corrected chi connectivity index (χ2v) is 6.79. The fraction of sp³-hybridized carbons (Fsp3) is 0.556. The molecule has 2 aliphatic heterocycles. The Kier molecular flexibility index (Phi) is 5.31. The zero-order valence-electron chi connectivity index (χ0n) is 14.8. The van der Waals surface area contributed by atoms with Gasteiger partial charge in [-0.25, -0.2) is 9.59 Å². The van der Waals surface area contributed by atoms with Crippen molar-refractivity contribution in [3.05, 3.63) is 24.3 Å². The van der Waals surface area contributed by atoms with Crippen LogP contribution < -0.4 is 15.4 Å². The molecule has 7 heteroatoms. The summed E-state index contributed by atoms with van der Waals surface area (Å²) in [5.74, 6) is 0.783. The number of likely N-dealkylation sites (tertiary alicyclic amines) is 1. The van der Waals surface area contributed by atoms with Crippen LogP contribution in [0.3, 0.4) is 0 Å². The maximum Gasteiger partial charge on any atom is 0.321 e. The lowest BCUT2D eigenvalue weighted by molar-refractivity contribution is 0.139. The van der Waals surface area contributed by atoms with Crippen LogP contribution in [0, 0.1) is 0 Å². The van der Waals surface area contributed by atoms with E-state index in [4.69, 9.17) is 4.74 Å². The third-order valence-corrected chi connectivity index (χ3v) is 4.49. The summed E-state index contributed by atoms with van der Waals surface area (Å²) in [5, 5.41) is 5.75. The van der Waals surface area contributed by atoms with Crippen LogP contribution in [0.25, 0.3) is 0 Å². The first-order valence-corrected chi connectivity index (χ1v) is 8.90. The maximum absolute atomic E-state index is 12.5. The number of urea groups is 2. The average molecular weight is 346 g/mol. The summed E-state index contributed by atoms with van der Waals surface area (Å²) >= 11 is 0. The summed E-state index contributed by atoms with van der Waals surface area (Å²) in [7, 11) is 0. The molecular weight excluding hydrogens is 320 g/mol. The minimum Gasteiger partial charge on any atom is -0.491 e. The predicted molar refractivity (Wildman–Crippen MR) is 95.9 cm³/mol. The summed E-state index contributed by atoms with van der Waals surface area (Å²) < 4.78 is 5.61. The van der Waals surface area contributed by atoms with Gasteiger partial charge < -0.3 is 25.2 Å². The maximum atomic E-state index is 12.5. The number of carbonyl (C=O) groups is 2. The Morgan fingerprint density at radius 2 is 2.04 bits per heavy atom. The normalized spacial score (nSPS) is 20.6. The molecule has 0 unspecified atom stereocenters. The highest BCUT2D eigenvalue weighted by molar-refractivity contribution is 5.89. The van der Waals surface area contributed by atoms with E-state index in [1.807, 2.05) is 43.0 Å². The van der Waals surface area contributed by atoms with Gasteiger partial charge in [0.15, 0.2) is 0 Å². The van der Waals surface area contributed by atoms with Crippen LogP contribution in [0.5, 0.6) is 5.75 Å². The first-order chi connectivity index (χ1) is 12.0. The standard InChI is InChI=1S/C18H26N4O3/c1-13(2)25-16-7-5-14(6-8-16)20-18(24)21-10-3-4-15(12-21)22-11-9-19-17(22)23/h5-8,13,15H,3-4,9-12H2,1-2H3,(H,19,23)(H,20,24)/t15-/m0/s1. The number of ether oxygens (including phenoxy) is 1. The molecule has 0 aromatic heterocycles. The fourth-order valence-corrected chi connectivity index (χ4v) is 3.32. The number of hydrogen-bond donors (Lipinski definition) is 2. The molecule has 2 saturated heterocycles. The molecule has 3 rings (SSSR count). The summed E-state index contributed by atoms with van der Waals surface area (Å²) in [6.45, 7) is 6.65. The third-order valence-electron chi connectivity index (χ3n) is 4.49. The van der Waals surface area contributed by atoms with Gasteiger partial charge in [-0.2, -0.15) is 0 Å². The van der Waals surface area contributed by atoms with Crippen molar-refractivity contribution in [3.63, 3.8) is 0 Å². The molecule has 4 amide bonds. The number of piperidine rings is 1. The van der Waals surface area contributed by atoms with E-state index in [9.17, 15) is 9.59 Å². The number of rotatable bonds is 4. The van der Waals surface area contributed by atoms with Crippen molar-refractivity contribution in [1.82, 2.24) is 15.1 Å². The third kappa shape index (κ3) is 4.35. The lowest BCUT2D eigenvalue weighted by Crippen LogP contribution is -2.51. The summed E-state index contributed by atoms with van der Waals surface area (Å²) in [5.41, 5.74) is 0.738. The number of nitrogens with zero attached hydrogens (tertiary/aromatic N) is 2. The van der Waals surface area contributed by atoms with Crippen LogP contribution in [0.1, 0.15) is 26.7 Å². The number of nitrogens with one attached hydrogen (secondary N) is 2. The van der Waals surface area contributed by atoms with Crippen molar-refractivity contribution in [2.75, 3.05) is 31.5 Å². The van der Waals surface area contributed by atoms with Gasteiger partial charge in [-0.05, 0) is 51.0 Å². The second-order valence-electron chi connectivity index (χ2n) is 6.79. The minimum atomic E-state index is -0.123. The van der Waals surface area contributed by atoms with Crippen molar-refractivity contribution in [1.29, 1.82) is 0 Å². The van der Waals surface area contributed by atoms with Crippen molar-refractivity contribution >= 4 is 17.7 Å². The lowest BCUT2D eigenvalue weighted by atomic mass is 10.0. The molecule has 0 saturated carbocycles. The van der Waals surface area contributed by atoms with Gasteiger partial charge in [0, 0.05) is 31.9 Å². The van der Waals surface area contributed by atoms with Gasteiger partial charge in [0.05, 0.1) is 12.1 Å². The van der Waals surface area contributed by atoms with E-state index in [0.29, 0.717) is 19.6 Å². The Labute approximate surface area is 148 Å². The molecular formula is C18H26N4O3. The van der Waals surface area contributed by atoms with Crippen molar-refractivity contribution in [3.8, 4) is 5.75 Å². The van der Waals surface area contributed by atoms with Crippen LogP contribution in [-0.2, 0) is 0 Å². The van der Waals surface area contributed by atoms with Crippen LogP contribution in [-0.4, -0.2) is 60.2 Å². The van der Waals surface area contributed by atoms with Gasteiger partial charge in [-0.15, -0.1) is 0 Å². The number of carbonyl (C=O) groups excluding carboxylic acids is 2. The SMILES string of the molecule is CC(C)Oc1ccc(NC(=O)N2CCC[C@H](N3CCNC3=O)C2)cc1. The van der Waals surface area contributed by atoms with E-state index in [-0.39, 0.29) is 24.2 Å². The molecule has 0 bridgehead atoms. The molecule has 2 aliphatic rings. The van der Waals surface area contributed by atoms with Crippen LogP contribution in [0.4, 0.5) is 15.3 Å². The molecule has 25 heavy (non-hydrogen) atoms. The Morgan fingerprint density at radius 1 is 1.28 bits per heavy atom. The zero-order valence-corrected chi connectivity index (χ0v) is 14.8. The first-order valence-electron chi connectivity index (χ1n) is 8.90. The highest BCUT2D eigenvalue weighted by Gasteiger charge is 2.32. The number of hydrogen-bond acceptors (Lipinski definition) is 3. The zero-order chi connectivity index (χ0) is 17.8. The highest BCUT2D eigenvalue weighted by Crippen LogP contribution is 2.20. The number of amides is 4. The average Bonchev–Trinajstić information content (AvgIpc) is 3.02. The molecule has 2 heterocycles. The van der Waals surface area contributed by atoms with Gasteiger partial charge in [-0.1, -0.05) is 0 Å². The van der Waals surface area contributed by atoms with Crippen molar-refractivity contribution < 1.29 is 14.3 Å². The van der Waals surface area contributed by atoms with Crippen molar-refractivity contribution in [2.45, 2.75) is 38.8 Å². The highest BCUT2D eigenvalue weighted by atomic mass is 16.5. The monoisotopic (exact) mass is 346 g/mol. The molecule has 1 atom stereocenters. The molecule has 0 radical (unpaired) electrons. The molecule has 0 spiro atoms. The number of anilines is 1. The fourth-order valence-electron chi connectivity index (χ4n) is 3.32. The summed E-state index contributed by atoms with van der Waals surface area (Å²) in [4.78, 5) is 28.0. The predicted octanol–water partition coefficient (Wildman–Crippen LogP) is 2.50. The van der Waals surface area contributed by atoms with Gasteiger partial charge in [-0.3, -0.25) is 0 Å². The molecule has 136 valence electrons. The largest absolute Gasteiger partial charge is 0.491 e. The van der Waals surface area contributed by atoms with Crippen LogP contribution >= 0.6 is 0 Å². The van der Waals surface area contributed by atoms with Gasteiger partial charge in [0.2, 0.25) is 0 Å². The minimum absolute atomic E-state index is 0.0204. The van der Waals surface area contributed by atoms with Crippen LogP contribution in [0.2, 0.25) is 0 Å². The molecule has 0 aliphatic carbocycles. The molecule has 7 nitrogen and oxygen atoms in total. The first kappa shape index (κ1) is 17.4. The Morgan fingerprint density at radius 3 is 2.68 bits per heavy atom. The Balaban J connectivity index is 1.56. The van der Waals surface area contributed by atoms with E-state index >= 15 is 0 Å². The second kappa shape index (κ2) is 7.63. The molecule has 1 aromatic rings. The van der Waals surface area contributed by atoms with Crippen molar-refractivity contribution in [2.24, 2.45) is 0 Å². The quantitative estimate of drug-likeness (QED) is 0.880. The van der Waals surface area contributed by atoms with Gasteiger partial charge >= 0.3 is 12.1 Å². The van der Waals surface area contributed by atoms with E-state index in [1.54, 1.807) is 4.90 Å². The van der Waals surface area contributed by atoms with E-state index < -0.39 is 0 Å². The van der Waals surface area contributed by atoms with E-state index in [1.165, 1.54) is 0 Å². The van der Waals surface area contributed by atoms with Gasteiger partial charge in [0.25, 0.3) is 0 Å².